The summed E-state index contributed by atoms with van der Waals surface area (Å²) >= 11 is 0. The van der Waals surface area contributed by atoms with Gasteiger partial charge in [-0.1, -0.05) is 6.92 Å². The number of hydrogen-bond acceptors (Lipinski definition) is 5. The van der Waals surface area contributed by atoms with Crippen LogP contribution in [0.25, 0.3) is 11.0 Å². The van der Waals surface area contributed by atoms with Gasteiger partial charge in [-0.15, -0.1) is 0 Å². The molecular formula is C22H20B2FN5O. The summed E-state index contributed by atoms with van der Waals surface area (Å²) in [4.78, 5) is 23.4. The molecule has 0 atom stereocenters. The second kappa shape index (κ2) is 8.20. The normalized spacial score (nSPS) is 15.2. The van der Waals surface area contributed by atoms with E-state index in [0.717, 1.165) is 0 Å². The third kappa shape index (κ3) is 3.96. The quantitative estimate of drug-likeness (QED) is 0.663. The lowest BCUT2D eigenvalue weighted by atomic mass is 9.57. The minimum Gasteiger partial charge on any atom is -0.368 e. The van der Waals surface area contributed by atoms with Crippen molar-refractivity contribution in [2.24, 2.45) is 0 Å². The predicted octanol–water partition coefficient (Wildman–Crippen LogP) is 1.77. The van der Waals surface area contributed by atoms with E-state index in [2.05, 4.69) is 9.97 Å². The highest BCUT2D eigenvalue weighted by Gasteiger charge is 2.31. The zero-order valence-electron chi connectivity index (χ0n) is 17.2. The molecule has 0 amide bonds. The largest absolute Gasteiger partial charge is 0.368 e. The zero-order valence-corrected chi connectivity index (χ0v) is 17.2. The van der Waals surface area contributed by atoms with Crippen molar-refractivity contribution in [1.82, 2.24) is 14.9 Å². The number of fused-ring (bicyclic) bond motifs is 1. The summed E-state index contributed by atoms with van der Waals surface area (Å²) in [5, 5.41) is 8.03. The van der Waals surface area contributed by atoms with Gasteiger partial charge in [-0.05, 0) is 47.7 Å². The fourth-order valence-corrected chi connectivity index (χ4v) is 3.98. The lowest BCUT2D eigenvalue weighted by Gasteiger charge is -2.46. The average molecular weight is 411 g/mol. The Bertz CT molecular complexity index is 1230. The van der Waals surface area contributed by atoms with Crippen molar-refractivity contribution in [3.05, 3.63) is 69.4 Å². The van der Waals surface area contributed by atoms with Crippen molar-refractivity contribution in [2.75, 3.05) is 31.1 Å². The molecule has 1 aliphatic rings. The van der Waals surface area contributed by atoms with E-state index < -0.39 is 11.2 Å². The molecule has 4 radical (unpaired) electrons. The van der Waals surface area contributed by atoms with Crippen LogP contribution in [-0.4, -0.2) is 56.7 Å². The third-order valence-electron chi connectivity index (χ3n) is 5.84. The number of aromatic nitrogens is 2. The second-order valence-corrected chi connectivity index (χ2v) is 7.71. The zero-order chi connectivity index (χ0) is 22.2. The van der Waals surface area contributed by atoms with Crippen LogP contribution in [0.3, 0.4) is 0 Å². The summed E-state index contributed by atoms with van der Waals surface area (Å²) in [5.41, 5.74) is 3.38. The van der Waals surface area contributed by atoms with E-state index in [0.29, 0.717) is 66.0 Å². The lowest BCUT2D eigenvalue weighted by Crippen LogP contribution is -2.56. The van der Waals surface area contributed by atoms with Crippen LogP contribution in [-0.2, 0) is 11.8 Å². The number of nitrogens with zero attached hydrogens (tertiary/aromatic N) is 4. The monoisotopic (exact) mass is 411 g/mol. The summed E-state index contributed by atoms with van der Waals surface area (Å²) in [6, 6.07) is 9.81. The number of nitrogens with one attached hydrogen (secondary N) is 1. The van der Waals surface area contributed by atoms with E-state index in [1.54, 1.807) is 24.4 Å². The van der Waals surface area contributed by atoms with E-state index >= 15 is 0 Å². The first-order valence-electron chi connectivity index (χ1n) is 10.1. The maximum atomic E-state index is 13.4. The molecule has 1 aliphatic heterocycles. The fraction of sp³-hybridized carbons (Fsp3) is 0.318. The van der Waals surface area contributed by atoms with Gasteiger partial charge in [0.1, 0.15) is 11.9 Å². The number of rotatable bonds is 4. The van der Waals surface area contributed by atoms with Crippen molar-refractivity contribution in [1.29, 1.82) is 5.26 Å². The highest BCUT2D eigenvalue weighted by Crippen LogP contribution is 2.28. The smallest absolute Gasteiger partial charge is 0.251 e. The van der Waals surface area contributed by atoms with E-state index in [9.17, 15) is 14.4 Å². The maximum Gasteiger partial charge on any atom is 0.251 e. The van der Waals surface area contributed by atoms with Gasteiger partial charge in [-0.25, -0.2) is 4.39 Å². The van der Waals surface area contributed by atoms with Crippen LogP contribution in [0.1, 0.15) is 23.6 Å². The molecule has 1 fully saturated rings. The summed E-state index contributed by atoms with van der Waals surface area (Å²) in [6.07, 6.45) is 2.26. The molecular weight excluding hydrogens is 391 g/mol. The molecule has 1 N–H and O–H groups in total. The average Bonchev–Trinajstić information content (AvgIpc) is 2.78. The van der Waals surface area contributed by atoms with Gasteiger partial charge in [0.2, 0.25) is 0 Å². The molecule has 1 aromatic carbocycles. The Kier molecular flexibility index (Phi) is 5.59. The second-order valence-electron chi connectivity index (χ2n) is 7.71. The number of aromatic amines is 1. The first-order valence-corrected chi connectivity index (χ1v) is 10.1. The van der Waals surface area contributed by atoms with Gasteiger partial charge in [0.05, 0.1) is 38.0 Å². The van der Waals surface area contributed by atoms with E-state index in [1.807, 2.05) is 22.8 Å². The Morgan fingerprint density at radius 1 is 1.23 bits per heavy atom. The van der Waals surface area contributed by atoms with E-state index in [4.69, 9.17) is 15.7 Å². The molecule has 1 saturated heterocycles. The van der Waals surface area contributed by atoms with Gasteiger partial charge in [-0.3, -0.25) is 9.78 Å². The minimum absolute atomic E-state index is 0.144. The summed E-state index contributed by atoms with van der Waals surface area (Å²) in [5.74, 6) is -0.435. The van der Waals surface area contributed by atoms with E-state index in [-0.39, 0.29) is 5.56 Å². The fourth-order valence-electron chi connectivity index (χ4n) is 3.98. The van der Waals surface area contributed by atoms with Crippen molar-refractivity contribution in [3.8, 4) is 6.07 Å². The minimum atomic E-state index is -1.28. The van der Waals surface area contributed by atoms with Crippen LogP contribution in [0.2, 0.25) is 0 Å². The molecule has 0 bridgehead atoms. The number of pyridine rings is 2. The number of aryl methyl sites for hydroxylation is 1. The summed E-state index contributed by atoms with van der Waals surface area (Å²) < 4.78 is 13.4. The molecule has 0 saturated carbocycles. The molecule has 0 spiro atoms. The number of anilines is 1. The molecule has 6 nitrogen and oxygen atoms in total. The number of nitriles is 1. The van der Waals surface area contributed by atoms with Crippen LogP contribution in [0.4, 0.5) is 10.1 Å². The Balaban J connectivity index is 1.55. The molecule has 152 valence electrons. The van der Waals surface area contributed by atoms with E-state index in [1.165, 1.54) is 12.1 Å². The molecule has 3 heterocycles. The molecule has 3 aromatic rings. The predicted molar refractivity (Wildman–Crippen MR) is 120 cm³/mol. The summed E-state index contributed by atoms with van der Waals surface area (Å²) in [6.45, 7) is 4.15. The van der Waals surface area contributed by atoms with Crippen LogP contribution in [0, 0.1) is 17.1 Å². The van der Waals surface area contributed by atoms with Gasteiger partial charge >= 0.3 is 0 Å². The number of benzene rings is 1. The highest BCUT2D eigenvalue weighted by molar-refractivity contribution is 6.39. The highest BCUT2D eigenvalue weighted by atomic mass is 19.1. The van der Waals surface area contributed by atoms with Crippen molar-refractivity contribution in [2.45, 2.75) is 18.7 Å². The van der Waals surface area contributed by atoms with Crippen LogP contribution in [0.15, 0.2) is 41.3 Å². The topological polar surface area (TPSA) is 76.0 Å². The van der Waals surface area contributed by atoms with Crippen LogP contribution >= 0.6 is 0 Å². The standard InChI is InChI=1S/C22H20B2FN5O/c1-2-14-10-18-19(28-21(14)31)11-16(13-27-18)22(23,24)30-7-5-29(6-8-30)20-4-3-17(25)9-15(20)12-26/h3-4,9-11,13H,2,5-8H2,1H3,(H,28,31). The molecule has 9 heteroatoms. The lowest BCUT2D eigenvalue weighted by molar-refractivity contribution is 0.210. The van der Waals surface area contributed by atoms with Gasteiger partial charge in [0.25, 0.3) is 5.56 Å². The Labute approximate surface area is 182 Å². The van der Waals surface area contributed by atoms with Crippen molar-refractivity contribution in [3.63, 3.8) is 0 Å². The number of hydrogen-bond donors (Lipinski definition) is 1. The number of piperazine rings is 1. The SMILES string of the molecule is [B]C([B])(c1cnc2cc(CC)c(=O)[nH]c2c1)N1CCN(c2ccc(F)cc2C#N)CC1. The third-order valence-corrected chi connectivity index (χ3v) is 5.84. The Morgan fingerprint density at radius 3 is 2.65 bits per heavy atom. The molecule has 31 heavy (non-hydrogen) atoms. The maximum absolute atomic E-state index is 13.4. The molecule has 0 unspecified atom stereocenters. The van der Waals surface area contributed by atoms with Crippen molar-refractivity contribution >= 4 is 32.4 Å². The van der Waals surface area contributed by atoms with Crippen molar-refractivity contribution < 1.29 is 4.39 Å². The van der Waals surface area contributed by atoms with Gasteiger partial charge in [0.15, 0.2) is 0 Å². The summed E-state index contributed by atoms with van der Waals surface area (Å²) in [7, 11) is 13.0. The van der Waals surface area contributed by atoms with Gasteiger partial charge in [-0.2, -0.15) is 5.26 Å². The van der Waals surface area contributed by atoms with Gasteiger partial charge in [0, 0.05) is 37.9 Å². The Morgan fingerprint density at radius 2 is 1.97 bits per heavy atom. The first kappa shape index (κ1) is 21.1. The first-order chi connectivity index (χ1) is 14.8. The van der Waals surface area contributed by atoms with Crippen LogP contribution in [0.5, 0.6) is 0 Å². The number of halogens is 1. The number of H-pyrrole nitrogens is 1. The van der Waals surface area contributed by atoms with Gasteiger partial charge < -0.3 is 14.8 Å². The Hall–Kier alpha value is -3.11. The molecule has 4 rings (SSSR count). The molecule has 2 aromatic heterocycles. The molecule has 0 aliphatic carbocycles. The van der Waals surface area contributed by atoms with Crippen LogP contribution < -0.4 is 10.5 Å².